The Hall–Kier alpha value is -2.82. The topological polar surface area (TPSA) is 64.6 Å². The summed E-state index contributed by atoms with van der Waals surface area (Å²) in [6.07, 6.45) is 8.35. The summed E-state index contributed by atoms with van der Waals surface area (Å²) in [5.41, 5.74) is 4.06. The molecule has 4 fully saturated rings. The monoisotopic (exact) mass is 433 g/mol. The number of carbonyl (C=O) groups is 2. The van der Waals surface area contributed by atoms with E-state index in [9.17, 15) is 9.59 Å². The lowest BCUT2D eigenvalue weighted by atomic mass is 9.47. The molecule has 6 rings (SSSR count). The van der Waals surface area contributed by atoms with E-state index in [1.165, 1.54) is 56.8 Å². The molecule has 5 heteroatoms. The summed E-state index contributed by atoms with van der Waals surface area (Å²) in [5, 5.41) is 2.77. The maximum Gasteiger partial charge on any atom is 0.337 e. The molecule has 168 valence electrons. The Balaban J connectivity index is 1.22. The molecule has 0 aromatic heterocycles. The highest BCUT2D eigenvalue weighted by molar-refractivity contribution is 5.95. The number of aryl methyl sites for hydroxylation is 1. The van der Waals surface area contributed by atoms with Gasteiger partial charge in [-0.25, -0.2) is 4.79 Å². The third-order valence-corrected chi connectivity index (χ3v) is 7.74. The van der Waals surface area contributed by atoms with Crippen LogP contribution in [0.2, 0.25) is 0 Å². The number of methoxy groups -OCH3 is 1. The molecule has 4 bridgehead atoms. The summed E-state index contributed by atoms with van der Waals surface area (Å²) >= 11 is 0. The van der Waals surface area contributed by atoms with Gasteiger partial charge in [0, 0.05) is 5.69 Å². The molecule has 4 aliphatic rings. The van der Waals surface area contributed by atoms with Crippen molar-refractivity contribution in [2.45, 2.75) is 50.9 Å². The predicted molar refractivity (Wildman–Crippen MR) is 123 cm³/mol. The molecule has 1 amide bonds. The SMILES string of the molecule is COC(=O)c1cccc(NC(=O)COc2ccc(C34CC5CC(CC(C5)C3)C4)c(C)c2)c1. The number of anilines is 1. The Morgan fingerprint density at radius 1 is 1.00 bits per heavy atom. The fourth-order valence-electron chi connectivity index (χ4n) is 6.95. The number of rotatable bonds is 6. The predicted octanol–water partition coefficient (Wildman–Crippen LogP) is 5.27. The van der Waals surface area contributed by atoms with Gasteiger partial charge in [0.1, 0.15) is 5.75 Å². The van der Waals surface area contributed by atoms with E-state index in [2.05, 4.69) is 24.4 Å². The summed E-state index contributed by atoms with van der Waals surface area (Å²) in [5.74, 6) is 2.75. The minimum absolute atomic E-state index is 0.0847. The van der Waals surface area contributed by atoms with Gasteiger partial charge in [0.2, 0.25) is 0 Å². The molecule has 4 saturated carbocycles. The Kier molecular flexibility index (Phi) is 5.44. The molecule has 2 aromatic carbocycles. The van der Waals surface area contributed by atoms with Crippen LogP contribution in [0.15, 0.2) is 42.5 Å². The molecule has 0 heterocycles. The van der Waals surface area contributed by atoms with Crippen molar-refractivity contribution >= 4 is 17.6 Å². The average molecular weight is 434 g/mol. The first-order chi connectivity index (χ1) is 15.4. The zero-order valence-electron chi connectivity index (χ0n) is 18.9. The van der Waals surface area contributed by atoms with Crippen LogP contribution in [-0.4, -0.2) is 25.6 Å². The zero-order chi connectivity index (χ0) is 22.3. The first kappa shape index (κ1) is 21.0. The van der Waals surface area contributed by atoms with E-state index >= 15 is 0 Å². The second-order valence-electron chi connectivity index (χ2n) is 10.1. The van der Waals surface area contributed by atoms with Gasteiger partial charge in [0.05, 0.1) is 12.7 Å². The van der Waals surface area contributed by atoms with Gasteiger partial charge in [-0.15, -0.1) is 0 Å². The zero-order valence-corrected chi connectivity index (χ0v) is 18.9. The van der Waals surface area contributed by atoms with Crippen LogP contribution in [0.3, 0.4) is 0 Å². The highest BCUT2D eigenvalue weighted by Gasteiger charge is 2.51. The van der Waals surface area contributed by atoms with Gasteiger partial charge in [0.25, 0.3) is 5.91 Å². The van der Waals surface area contributed by atoms with E-state index in [0.717, 1.165) is 23.5 Å². The first-order valence-corrected chi connectivity index (χ1v) is 11.7. The average Bonchev–Trinajstić information content (AvgIpc) is 2.76. The van der Waals surface area contributed by atoms with Crippen LogP contribution >= 0.6 is 0 Å². The van der Waals surface area contributed by atoms with Crippen LogP contribution in [0.5, 0.6) is 5.75 Å². The molecule has 0 spiro atoms. The third kappa shape index (κ3) is 4.01. The number of carbonyl (C=O) groups excluding carboxylic acids is 2. The molecule has 0 atom stereocenters. The summed E-state index contributed by atoms with van der Waals surface area (Å²) in [6.45, 7) is 2.10. The minimum Gasteiger partial charge on any atom is -0.484 e. The number of hydrogen-bond donors (Lipinski definition) is 1. The van der Waals surface area contributed by atoms with Crippen LogP contribution in [0.1, 0.15) is 60.0 Å². The molecule has 2 aromatic rings. The van der Waals surface area contributed by atoms with Gasteiger partial charge >= 0.3 is 5.97 Å². The number of hydrogen-bond acceptors (Lipinski definition) is 4. The fraction of sp³-hybridized carbons (Fsp3) is 0.481. The van der Waals surface area contributed by atoms with Crippen molar-refractivity contribution in [1.82, 2.24) is 0 Å². The van der Waals surface area contributed by atoms with Crippen LogP contribution < -0.4 is 10.1 Å². The van der Waals surface area contributed by atoms with Gasteiger partial charge in [0.15, 0.2) is 6.61 Å². The number of esters is 1. The summed E-state index contributed by atoms with van der Waals surface area (Å²) in [4.78, 5) is 24.0. The lowest BCUT2D eigenvalue weighted by Gasteiger charge is -2.57. The fourth-order valence-corrected chi connectivity index (χ4v) is 6.95. The Morgan fingerprint density at radius 3 is 2.31 bits per heavy atom. The van der Waals surface area contributed by atoms with Gasteiger partial charge in [-0.2, -0.15) is 0 Å². The quantitative estimate of drug-likeness (QED) is 0.631. The van der Waals surface area contributed by atoms with Gasteiger partial charge in [-0.3, -0.25) is 4.79 Å². The van der Waals surface area contributed by atoms with E-state index in [1.54, 1.807) is 24.3 Å². The van der Waals surface area contributed by atoms with Crippen molar-refractivity contribution < 1.29 is 19.1 Å². The van der Waals surface area contributed by atoms with Crippen molar-refractivity contribution in [3.05, 3.63) is 59.2 Å². The summed E-state index contributed by atoms with van der Waals surface area (Å²) < 4.78 is 10.5. The molecule has 0 unspecified atom stereocenters. The Bertz CT molecular complexity index is 1010. The van der Waals surface area contributed by atoms with E-state index < -0.39 is 5.97 Å². The van der Waals surface area contributed by atoms with E-state index in [0.29, 0.717) is 16.7 Å². The summed E-state index contributed by atoms with van der Waals surface area (Å²) in [7, 11) is 1.33. The number of amides is 1. The van der Waals surface area contributed by atoms with Gasteiger partial charge in [-0.05, 0) is 110 Å². The molecule has 1 N–H and O–H groups in total. The van der Waals surface area contributed by atoms with Crippen molar-refractivity contribution in [2.24, 2.45) is 17.8 Å². The number of ether oxygens (including phenoxy) is 2. The lowest BCUT2D eigenvalue weighted by molar-refractivity contribution is -0.118. The van der Waals surface area contributed by atoms with E-state index in [1.807, 2.05) is 6.07 Å². The van der Waals surface area contributed by atoms with Crippen LogP contribution in [-0.2, 0) is 14.9 Å². The van der Waals surface area contributed by atoms with Gasteiger partial charge < -0.3 is 14.8 Å². The molecular formula is C27H31NO4. The second-order valence-corrected chi connectivity index (χ2v) is 10.1. The largest absolute Gasteiger partial charge is 0.484 e. The Morgan fingerprint density at radius 2 is 1.69 bits per heavy atom. The highest BCUT2D eigenvalue weighted by Crippen LogP contribution is 2.61. The first-order valence-electron chi connectivity index (χ1n) is 11.7. The van der Waals surface area contributed by atoms with Crippen molar-refractivity contribution in [2.75, 3.05) is 19.0 Å². The normalized spacial score (nSPS) is 27.8. The smallest absolute Gasteiger partial charge is 0.337 e. The standard InChI is InChI=1S/C27H31NO4/c1-17-8-23(32-16-25(29)28-22-5-3-4-21(12-22)26(30)31-2)6-7-24(17)27-13-18-9-19(14-27)11-20(10-18)15-27/h3-8,12,18-20H,9-11,13-16H2,1-2H3,(H,28,29). The molecular weight excluding hydrogens is 402 g/mol. The van der Waals surface area contributed by atoms with Crippen LogP contribution in [0.25, 0.3) is 0 Å². The van der Waals surface area contributed by atoms with Crippen LogP contribution in [0.4, 0.5) is 5.69 Å². The van der Waals surface area contributed by atoms with Crippen molar-refractivity contribution in [3.8, 4) is 5.75 Å². The third-order valence-electron chi connectivity index (χ3n) is 7.74. The highest BCUT2D eigenvalue weighted by atomic mass is 16.5. The lowest BCUT2D eigenvalue weighted by Crippen LogP contribution is -2.48. The second kappa shape index (κ2) is 8.27. The molecule has 32 heavy (non-hydrogen) atoms. The summed E-state index contributed by atoms with van der Waals surface area (Å²) in [6, 6.07) is 13.0. The number of nitrogens with one attached hydrogen (secondary N) is 1. The molecule has 0 radical (unpaired) electrons. The van der Waals surface area contributed by atoms with E-state index in [-0.39, 0.29) is 12.5 Å². The minimum atomic E-state index is -0.438. The number of benzene rings is 2. The van der Waals surface area contributed by atoms with Crippen LogP contribution in [0, 0.1) is 24.7 Å². The van der Waals surface area contributed by atoms with E-state index in [4.69, 9.17) is 9.47 Å². The van der Waals surface area contributed by atoms with Crippen molar-refractivity contribution in [3.63, 3.8) is 0 Å². The molecule has 0 aliphatic heterocycles. The van der Waals surface area contributed by atoms with Gasteiger partial charge in [-0.1, -0.05) is 12.1 Å². The molecule has 5 nitrogen and oxygen atoms in total. The molecule has 4 aliphatic carbocycles. The molecule has 0 saturated heterocycles. The Labute approximate surface area is 189 Å². The maximum absolute atomic E-state index is 12.4. The van der Waals surface area contributed by atoms with Crippen molar-refractivity contribution in [1.29, 1.82) is 0 Å². The maximum atomic E-state index is 12.4.